The van der Waals surface area contributed by atoms with Crippen LogP contribution in [0.1, 0.15) is 6.92 Å². The summed E-state index contributed by atoms with van der Waals surface area (Å²) >= 11 is 1.21. The molecule has 1 amide bonds. The number of hydrogen-bond acceptors (Lipinski definition) is 8. The van der Waals surface area contributed by atoms with Crippen LogP contribution in [0.2, 0.25) is 0 Å². The van der Waals surface area contributed by atoms with Gasteiger partial charge in [0.1, 0.15) is 24.3 Å². The summed E-state index contributed by atoms with van der Waals surface area (Å²) in [4.78, 5) is 12.9. The Hall–Kier alpha value is -3.18. The second-order valence-electron chi connectivity index (χ2n) is 6.83. The Bertz CT molecular complexity index is 1200. The number of sulfonamides is 1. The summed E-state index contributed by atoms with van der Waals surface area (Å²) in [6.07, 6.45) is 1.05. The SMILES string of the molecule is C[C@H](C(=O)Nc1nnc(-c2ccccc2)s1)N(c1ccc2c(c1)OCCO2)S(C)(=O)=O. The number of carbonyl (C=O) groups is 1. The number of ether oxygens (including phenoxy) is 2. The zero-order valence-corrected chi connectivity index (χ0v) is 18.4. The van der Waals surface area contributed by atoms with Crippen LogP contribution in [0.5, 0.6) is 11.5 Å². The molecular weight excluding hydrogens is 440 g/mol. The minimum atomic E-state index is -3.78. The van der Waals surface area contributed by atoms with Crippen molar-refractivity contribution in [1.82, 2.24) is 10.2 Å². The maximum absolute atomic E-state index is 12.9. The van der Waals surface area contributed by atoms with Crippen molar-refractivity contribution in [2.75, 3.05) is 29.1 Å². The van der Waals surface area contributed by atoms with Crippen molar-refractivity contribution in [3.05, 3.63) is 48.5 Å². The standard InChI is InChI=1S/C20H20N4O5S2/c1-13(18(25)21-20-23-22-19(30-20)14-6-4-3-5-7-14)24(31(2,26)27)15-8-9-16-17(12-15)29-11-10-28-16/h3-9,12-13H,10-11H2,1-2H3,(H,21,23,25)/t13-/m1/s1. The molecule has 0 aliphatic carbocycles. The number of hydrogen-bond donors (Lipinski definition) is 1. The van der Waals surface area contributed by atoms with E-state index < -0.39 is 22.0 Å². The lowest BCUT2D eigenvalue weighted by Gasteiger charge is -2.29. The molecule has 1 aromatic heterocycles. The maximum atomic E-state index is 12.9. The van der Waals surface area contributed by atoms with Crippen LogP contribution in [0, 0.1) is 0 Å². The van der Waals surface area contributed by atoms with E-state index in [2.05, 4.69) is 15.5 Å². The summed E-state index contributed by atoms with van der Waals surface area (Å²) in [7, 11) is -3.78. The molecule has 2 heterocycles. The molecule has 3 aromatic rings. The van der Waals surface area contributed by atoms with Crippen molar-refractivity contribution in [3.63, 3.8) is 0 Å². The lowest BCUT2D eigenvalue weighted by Crippen LogP contribution is -2.45. The smallest absolute Gasteiger partial charge is 0.249 e. The van der Waals surface area contributed by atoms with Crippen molar-refractivity contribution in [3.8, 4) is 22.1 Å². The van der Waals surface area contributed by atoms with Crippen molar-refractivity contribution >= 4 is 38.1 Å². The Kier molecular flexibility index (Phi) is 5.79. The molecule has 0 bridgehead atoms. The van der Waals surface area contributed by atoms with Gasteiger partial charge in [-0.2, -0.15) is 0 Å². The molecule has 2 aromatic carbocycles. The molecule has 4 rings (SSSR count). The van der Waals surface area contributed by atoms with E-state index >= 15 is 0 Å². The first-order valence-electron chi connectivity index (χ1n) is 9.42. The van der Waals surface area contributed by atoms with Gasteiger partial charge in [0.15, 0.2) is 11.5 Å². The molecule has 9 nitrogen and oxygen atoms in total. The summed E-state index contributed by atoms with van der Waals surface area (Å²) in [6, 6.07) is 13.2. The van der Waals surface area contributed by atoms with Crippen LogP contribution < -0.4 is 19.1 Å². The fraction of sp³-hybridized carbons (Fsp3) is 0.250. The van der Waals surface area contributed by atoms with E-state index in [0.717, 1.165) is 16.1 Å². The number of aromatic nitrogens is 2. The normalized spacial score (nSPS) is 14.0. The number of anilines is 2. The Morgan fingerprint density at radius 2 is 1.81 bits per heavy atom. The Labute approximate surface area is 183 Å². The number of fused-ring (bicyclic) bond motifs is 1. The fourth-order valence-electron chi connectivity index (χ4n) is 3.16. The summed E-state index contributed by atoms with van der Waals surface area (Å²) in [5.41, 5.74) is 1.18. The van der Waals surface area contributed by atoms with Gasteiger partial charge in [-0.15, -0.1) is 10.2 Å². The molecule has 11 heteroatoms. The van der Waals surface area contributed by atoms with Crippen LogP contribution in [0.15, 0.2) is 48.5 Å². The monoisotopic (exact) mass is 460 g/mol. The fourth-order valence-corrected chi connectivity index (χ4v) is 5.08. The second kappa shape index (κ2) is 8.52. The van der Waals surface area contributed by atoms with E-state index in [1.807, 2.05) is 30.3 Å². The molecule has 0 unspecified atom stereocenters. The average molecular weight is 461 g/mol. The molecule has 0 saturated heterocycles. The third kappa shape index (κ3) is 4.62. The number of carbonyl (C=O) groups excluding carboxylic acids is 1. The van der Waals surface area contributed by atoms with Crippen molar-refractivity contribution in [1.29, 1.82) is 0 Å². The molecule has 0 saturated carbocycles. The van der Waals surface area contributed by atoms with Gasteiger partial charge < -0.3 is 9.47 Å². The van der Waals surface area contributed by atoms with Gasteiger partial charge >= 0.3 is 0 Å². The third-order valence-corrected chi connectivity index (χ3v) is 6.67. The summed E-state index contributed by atoms with van der Waals surface area (Å²) in [6.45, 7) is 2.30. The van der Waals surface area contributed by atoms with Crippen LogP contribution in [-0.4, -0.2) is 50.0 Å². The number of rotatable bonds is 6. The van der Waals surface area contributed by atoms with E-state index in [1.54, 1.807) is 18.2 Å². The van der Waals surface area contributed by atoms with Gasteiger partial charge in [-0.05, 0) is 19.1 Å². The van der Waals surface area contributed by atoms with Gasteiger partial charge in [-0.3, -0.25) is 14.4 Å². The van der Waals surface area contributed by atoms with Gasteiger partial charge in [0.2, 0.25) is 21.1 Å². The van der Waals surface area contributed by atoms with Crippen molar-refractivity contribution in [2.24, 2.45) is 0 Å². The van der Waals surface area contributed by atoms with Crippen LogP contribution >= 0.6 is 11.3 Å². The molecule has 1 aliphatic heterocycles. The highest BCUT2D eigenvalue weighted by Crippen LogP contribution is 2.35. The first-order valence-corrected chi connectivity index (χ1v) is 12.1. The molecule has 1 aliphatic rings. The molecule has 0 fully saturated rings. The number of amides is 1. The topological polar surface area (TPSA) is 111 Å². The first-order chi connectivity index (χ1) is 14.8. The summed E-state index contributed by atoms with van der Waals surface area (Å²) < 4.78 is 37.1. The summed E-state index contributed by atoms with van der Waals surface area (Å²) in [5, 5.41) is 11.7. The molecule has 1 N–H and O–H groups in total. The molecular formula is C20H20N4O5S2. The molecule has 0 spiro atoms. The average Bonchev–Trinajstić information content (AvgIpc) is 3.22. The van der Waals surface area contributed by atoms with Crippen molar-refractivity contribution in [2.45, 2.75) is 13.0 Å². The molecule has 162 valence electrons. The van der Waals surface area contributed by atoms with E-state index in [1.165, 1.54) is 18.3 Å². The first kappa shape index (κ1) is 21.1. The number of nitrogens with zero attached hydrogens (tertiary/aromatic N) is 3. The van der Waals surface area contributed by atoms with Gasteiger partial charge in [-0.1, -0.05) is 41.7 Å². The minimum Gasteiger partial charge on any atom is -0.486 e. The van der Waals surface area contributed by atoms with Gasteiger partial charge in [0.05, 0.1) is 11.9 Å². The quantitative estimate of drug-likeness (QED) is 0.602. The number of benzene rings is 2. The maximum Gasteiger partial charge on any atom is 0.249 e. The lowest BCUT2D eigenvalue weighted by molar-refractivity contribution is -0.116. The number of nitrogens with one attached hydrogen (secondary N) is 1. The largest absolute Gasteiger partial charge is 0.486 e. The Morgan fingerprint density at radius 1 is 1.10 bits per heavy atom. The van der Waals surface area contributed by atoms with Gasteiger partial charge in [0.25, 0.3) is 0 Å². The minimum absolute atomic E-state index is 0.284. The predicted molar refractivity (Wildman–Crippen MR) is 118 cm³/mol. The van der Waals surface area contributed by atoms with Crippen LogP contribution in [-0.2, 0) is 14.8 Å². The van der Waals surface area contributed by atoms with Crippen LogP contribution in [0.25, 0.3) is 10.6 Å². The zero-order chi connectivity index (χ0) is 22.0. The highest BCUT2D eigenvalue weighted by Gasteiger charge is 2.31. The zero-order valence-electron chi connectivity index (χ0n) is 16.8. The Morgan fingerprint density at radius 3 is 2.52 bits per heavy atom. The third-order valence-electron chi connectivity index (χ3n) is 4.54. The van der Waals surface area contributed by atoms with Gasteiger partial charge in [0, 0.05) is 11.6 Å². The Balaban J connectivity index is 1.56. The molecule has 0 radical (unpaired) electrons. The van der Waals surface area contributed by atoms with Gasteiger partial charge in [-0.25, -0.2) is 8.42 Å². The molecule has 1 atom stereocenters. The lowest BCUT2D eigenvalue weighted by atomic mass is 10.2. The second-order valence-corrected chi connectivity index (χ2v) is 9.67. The van der Waals surface area contributed by atoms with Crippen LogP contribution in [0.4, 0.5) is 10.8 Å². The van der Waals surface area contributed by atoms with E-state index in [0.29, 0.717) is 35.4 Å². The van der Waals surface area contributed by atoms with E-state index in [9.17, 15) is 13.2 Å². The van der Waals surface area contributed by atoms with Crippen molar-refractivity contribution < 1.29 is 22.7 Å². The predicted octanol–water partition coefficient (Wildman–Crippen LogP) is 2.77. The highest BCUT2D eigenvalue weighted by molar-refractivity contribution is 7.92. The summed E-state index contributed by atoms with van der Waals surface area (Å²) in [5.74, 6) is 0.431. The van der Waals surface area contributed by atoms with E-state index in [4.69, 9.17) is 9.47 Å². The molecule has 31 heavy (non-hydrogen) atoms. The van der Waals surface area contributed by atoms with E-state index in [-0.39, 0.29) is 5.13 Å². The van der Waals surface area contributed by atoms with Crippen LogP contribution in [0.3, 0.4) is 0 Å². The highest BCUT2D eigenvalue weighted by atomic mass is 32.2.